The molecule has 0 aromatic heterocycles. The lowest BCUT2D eigenvalue weighted by Gasteiger charge is -2.08. The topological polar surface area (TPSA) is 59.9 Å². The molecule has 0 aliphatic rings. The van der Waals surface area contributed by atoms with E-state index in [1.165, 1.54) is 0 Å². The maximum Gasteiger partial charge on any atom is 0.277 e. The molecule has 0 aliphatic heterocycles. The van der Waals surface area contributed by atoms with E-state index >= 15 is 0 Å². The van der Waals surface area contributed by atoms with E-state index in [4.69, 9.17) is 9.47 Å². The fraction of sp³-hybridized carbons (Fsp3) is 0.125. The van der Waals surface area contributed by atoms with Crippen LogP contribution in [0.5, 0.6) is 11.5 Å². The molecule has 1 N–H and O–H groups in total. The Balaban J connectivity index is 1.83. The molecular weight excluding hydrogens is 475 g/mol. The van der Waals surface area contributed by atoms with Gasteiger partial charge in [-0.25, -0.2) is 5.43 Å². The Morgan fingerprint density at radius 2 is 2.17 bits per heavy atom. The van der Waals surface area contributed by atoms with Crippen LogP contribution in [-0.4, -0.2) is 25.8 Å². The summed E-state index contributed by atoms with van der Waals surface area (Å²) in [5.41, 5.74) is 3.34. The zero-order valence-corrected chi connectivity index (χ0v) is 16.0. The minimum atomic E-state index is -0.338. The zero-order chi connectivity index (χ0) is 16.7. The molecular formula is C16H14BrIN2O3. The molecule has 0 atom stereocenters. The molecule has 1 amide bonds. The molecule has 23 heavy (non-hydrogen) atoms. The van der Waals surface area contributed by atoms with E-state index in [0.717, 1.165) is 9.13 Å². The van der Waals surface area contributed by atoms with Gasteiger partial charge in [0.15, 0.2) is 6.61 Å². The summed E-state index contributed by atoms with van der Waals surface area (Å²) in [5, 5.41) is 3.91. The van der Waals surface area contributed by atoms with E-state index < -0.39 is 0 Å². The van der Waals surface area contributed by atoms with E-state index in [-0.39, 0.29) is 12.5 Å². The van der Waals surface area contributed by atoms with Crippen molar-refractivity contribution in [2.75, 3.05) is 13.7 Å². The number of carbonyl (C=O) groups is 1. The number of hydrazone groups is 1. The first-order valence-electron chi connectivity index (χ1n) is 6.62. The summed E-state index contributed by atoms with van der Waals surface area (Å²) in [7, 11) is 1.58. The summed E-state index contributed by atoms with van der Waals surface area (Å²) in [6.07, 6.45) is 1.59. The van der Waals surface area contributed by atoms with Crippen LogP contribution >= 0.6 is 38.5 Å². The number of ether oxygens (including phenoxy) is 2. The molecule has 0 bridgehead atoms. The number of benzene rings is 2. The van der Waals surface area contributed by atoms with Crippen LogP contribution in [0.2, 0.25) is 0 Å². The van der Waals surface area contributed by atoms with Crippen LogP contribution in [0.25, 0.3) is 0 Å². The Morgan fingerprint density at radius 3 is 2.87 bits per heavy atom. The highest BCUT2D eigenvalue weighted by molar-refractivity contribution is 14.1. The summed E-state index contributed by atoms with van der Waals surface area (Å²) in [6.45, 7) is -0.130. The lowest BCUT2D eigenvalue weighted by atomic mass is 10.2. The number of rotatable bonds is 6. The molecule has 120 valence electrons. The Hall–Kier alpha value is -1.61. The molecule has 2 aromatic rings. The molecule has 0 saturated heterocycles. The number of hydrogen-bond acceptors (Lipinski definition) is 4. The summed E-state index contributed by atoms with van der Waals surface area (Å²) >= 11 is 5.58. The highest BCUT2D eigenvalue weighted by atomic mass is 127. The third-order valence-corrected chi connectivity index (χ3v) is 4.04. The van der Waals surface area contributed by atoms with E-state index in [1.807, 2.05) is 24.3 Å². The van der Waals surface area contributed by atoms with Crippen molar-refractivity contribution in [2.45, 2.75) is 0 Å². The first kappa shape index (κ1) is 17.7. The van der Waals surface area contributed by atoms with Crippen molar-refractivity contribution in [3.63, 3.8) is 0 Å². The van der Waals surface area contributed by atoms with Crippen molar-refractivity contribution in [2.24, 2.45) is 5.10 Å². The number of halogens is 2. The second-order valence-electron chi connectivity index (χ2n) is 4.43. The lowest BCUT2D eigenvalue weighted by Crippen LogP contribution is -2.24. The van der Waals surface area contributed by atoms with E-state index in [0.29, 0.717) is 16.0 Å². The third-order valence-electron chi connectivity index (χ3n) is 2.75. The monoisotopic (exact) mass is 488 g/mol. The SMILES string of the molecule is COc1ccc(OCC(=O)N/N=C\c2cccc(I)c2)c(Br)c1. The maximum absolute atomic E-state index is 11.7. The van der Waals surface area contributed by atoms with Crippen molar-refractivity contribution >= 4 is 50.6 Å². The van der Waals surface area contributed by atoms with Gasteiger partial charge in [0.05, 0.1) is 17.8 Å². The smallest absolute Gasteiger partial charge is 0.277 e. The zero-order valence-electron chi connectivity index (χ0n) is 12.3. The largest absolute Gasteiger partial charge is 0.497 e. The molecule has 2 rings (SSSR count). The Kier molecular flexibility index (Phi) is 6.85. The minimum Gasteiger partial charge on any atom is -0.497 e. The highest BCUT2D eigenvalue weighted by Crippen LogP contribution is 2.28. The van der Waals surface area contributed by atoms with Gasteiger partial charge in [-0.1, -0.05) is 12.1 Å². The Bertz CT molecular complexity index is 722. The molecule has 7 heteroatoms. The van der Waals surface area contributed by atoms with Crippen LogP contribution < -0.4 is 14.9 Å². The number of methoxy groups -OCH3 is 1. The molecule has 0 fully saturated rings. The molecule has 2 aromatic carbocycles. The minimum absolute atomic E-state index is 0.130. The Labute approximate surface area is 156 Å². The van der Waals surface area contributed by atoms with Crippen LogP contribution in [0.1, 0.15) is 5.56 Å². The summed E-state index contributed by atoms with van der Waals surface area (Å²) < 4.78 is 12.3. The van der Waals surface area contributed by atoms with Gasteiger partial charge in [-0.05, 0) is 74.4 Å². The van der Waals surface area contributed by atoms with Gasteiger partial charge in [0.25, 0.3) is 5.91 Å². The predicted octanol–water partition coefficient (Wildman–Crippen LogP) is 3.59. The summed E-state index contributed by atoms with van der Waals surface area (Å²) in [4.78, 5) is 11.7. The summed E-state index contributed by atoms with van der Waals surface area (Å²) in [5.74, 6) is 0.924. The van der Waals surface area contributed by atoms with Crippen LogP contribution in [0.3, 0.4) is 0 Å². The maximum atomic E-state index is 11.7. The Morgan fingerprint density at radius 1 is 1.35 bits per heavy atom. The molecule has 0 saturated carbocycles. The second kappa shape index (κ2) is 8.88. The third kappa shape index (κ3) is 5.83. The van der Waals surface area contributed by atoms with Crippen molar-refractivity contribution in [3.8, 4) is 11.5 Å². The highest BCUT2D eigenvalue weighted by Gasteiger charge is 2.06. The molecule has 0 unspecified atom stereocenters. The summed E-state index contributed by atoms with van der Waals surface area (Å²) in [6, 6.07) is 13.0. The van der Waals surface area contributed by atoms with Gasteiger partial charge in [0, 0.05) is 3.57 Å². The number of nitrogens with zero attached hydrogens (tertiary/aromatic N) is 1. The predicted molar refractivity (Wildman–Crippen MR) is 101 cm³/mol. The first-order chi connectivity index (χ1) is 11.1. The lowest BCUT2D eigenvalue weighted by molar-refractivity contribution is -0.123. The molecule has 0 heterocycles. The van der Waals surface area contributed by atoms with Crippen LogP contribution in [0.15, 0.2) is 52.0 Å². The van der Waals surface area contributed by atoms with Crippen molar-refractivity contribution < 1.29 is 14.3 Å². The van der Waals surface area contributed by atoms with Crippen LogP contribution in [0.4, 0.5) is 0 Å². The van der Waals surface area contributed by atoms with Crippen LogP contribution in [0, 0.1) is 3.57 Å². The molecule has 0 radical (unpaired) electrons. The average molecular weight is 489 g/mol. The standard InChI is InChI=1S/C16H14BrIN2O3/c1-22-13-5-6-15(14(17)8-13)23-10-16(21)20-19-9-11-3-2-4-12(18)7-11/h2-9H,10H2,1H3,(H,20,21)/b19-9-. The number of amides is 1. The van der Waals surface area contributed by atoms with Crippen molar-refractivity contribution in [1.82, 2.24) is 5.43 Å². The number of carbonyl (C=O) groups excluding carboxylic acids is 1. The average Bonchev–Trinajstić information content (AvgIpc) is 2.53. The van der Waals surface area contributed by atoms with E-state index in [9.17, 15) is 4.79 Å². The van der Waals surface area contributed by atoms with Crippen molar-refractivity contribution in [3.05, 3.63) is 56.1 Å². The van der Waals surface area contributed by atoms with Gasteiger partial charge in [0.1, 0.15) is 11.5 Å². The molecule has 0 spiro atoms. The second-order valence-corrected chi connectivity index (χ2v) is 6.53. The van der Waals surface area contributed by atoms with E-state index in [1.54, 1.807) is 31.5 Å². The van der Waals surface area contributed by atoms with Gasteiger partial charge in [-0.15, -0.1) is 0 Å². The number of hydrogen-bond donors (Lipinski definition) is 1. The van der Waals surface area contributed by atoms with Gasteiger partial charge < -0.3 is 9.47 Å². The fourth-order valence-corrected chi connectivity index (χ4v) is 2.71. The van der Waals surface area contributed by atoms with E-state index in [2.05, 4.69) is 49.0 Å². The van der Waals surface area contributed by atoms with Gasteiger partial charge in [-0.3, -0.25) is 4.79 Å². The van der Waals surface area contributed by atoms with Gasteiger partial charge >= 0.3 is 0 Å². The van der Waals surface area contributed by atoms with Crippen molar-refractivity contribution in [1.29, 1.82) is 0 Å². The molecule has 0 aliphatic carbocycles. The molecule has 5 nitrogen and oxygen atoms in total. The van der Waals surface area contributed by atoms with Crippen LogP contribution in [-0.2, 0) is 4.79 Å². The van der Waals surface area contributed by atoms with Gasteiger partial charge in [-0.2, -0.15) is 5.10 Å². The normalized spacial score (nSPS) is 10.6. The van der Waals surface area contributed by atoms with Gasteiger partial charge in [0.2, 0.25) is 0 Å². The quantitative estimate of drug-likeness (QED) is 0.384. The fourth-order valence-electron chi connectivity index (χ4n) is 1.67. The number of nitrogens with one attached hydrogen (secondary N) is 1. The first-order valence-corrected chi connectivity index (χ1v) is 8.49.